The van der Waals surface area contributed by atoms with Crippen LogP contribution >= 0.6 is 39.1 Å². The number of benzene rings is 2. The Hall–Kier alpha value is -2.09. The van der Waals surface area contributed by atoms with Gasteiger partial charge in [-0.05, 0) is 45.8 Å². The lowest BCUT2D eigenvalue weighted by Crippen LogP contribution is -2.01. The first-order valence-corrected chi connectivity index (χ1v) is 8.96. The minimum Gasteiger partial charge on any atom is -0.493 e. The van der Waals surface area contributed by atoms with Gasteiger partial charge in [-0.3, -0.25) is 0 Å². The molecule has 6 nitrogen and oxygen atoms in total. The van der Waals surface area contributed by atoms with Crippen molar-refractivity contribution in [2.45, 2.75) is 6.61 Å². The van der Waals surface area contributed by atoms with Crippen LogP contribution in [0.25, 0.3) is 0 Å². The van der Waals surface area contributed by atoms with E-state index in [4.69, 9.17) is 32.7 Å². The highest BCUT2D eigenvalue weighted by molar-refractivity contribution is 9.10. The molecule has 0 radical (unpaired) electrons. The lowest BCUT2D eigenvalue weighted by atomic mass is 10.2. The van der Waals surface area contributed by atoms with E-state index in [1.54, 1.807) is 37.6 Å². The molecule has 0 bridgehead atoms. The monoisotopic (exact) mass is 454 g/mol. The number of nitrogens with one attached hydrogen (secondary N) is 1. The van der Waals surface area contributed by atoms with Crippen molar-refractivity contribution in [2.75, 3.05) is 7.11 Å². The molecule has 9 heteroatoms. The van der Waals surface area contributed by atoms with Gasteiger partial charge in [0.2, 0.25) is 5.95 Å². The fourth-order valence-electron chi connectivity index (χ4n) is 2.17. The van der Waals surface area contributed by atoms with Crippen molar-refractivity contribution in [3.63, 3.8) is 0 Å². The second-order valence-corrected chi connectivity index (χ2v) is 6.76. The minimum absolute atomic E-state index is 0.207. The molecular formula is C17H13BrCl2N4O2. The number of aromatic nitrogens is 3. The summed E-state index contributed by atoms with van der Waals surface area (Å²) in [6, 6.07) is 8.97. The molecule has 134 valence electrons. The average Bonchev–Trinajstić information content (AvgIpc) is 3.14. The van der Waals surface area contributed by atoms with Gasteiger partial charge in [-0.25, -0.2) is 10.1 Å². The largest absolute Gasteiger partial charge is 0.493 e. The molecular weight excluding hydrogens is 443 g/mol. The molecule has 3 aromatic rings. The zero-order valence-corrected chi connectivity index (χ0v) is 16.6. The Morgan fingerprint density at radius 2 is 2.04 bits per heavy atom. The predicted octanol–water partition coefficient (Wildman–Crippen LogP) is 5.21. The summed E-state index contributed by atoms with van der Waals surface area (Å²) >= 11 is 15.9. The second-order valence-electron chi connectivity index (χ2n) is 5.09. The minimum atomic E-state index is 0.207. The van der Waals surface area contributed by atoms with Gasteiger partial charge in [-0.2, -0.15) is 10.1 Å². The van der Waals surface area contributed by atoms with Crippen molar-refractivity contribution in [3.05, 3.63) is 62.3 Å². The van der Waals surface area contributed by atoms with Crippen LogP contribution in [-0.2, 0) is 6.61 Å². The molecule has 0 atom stereocenters. The van der Waals surface area contributed by atoms with Gasteiger partial charge in [-0.1, -0.05) is 29.3 Å². The SMILES string of the molecule is COc1cc(C=Nc2ncn[nH]2)cc(Br)c1OCc1c(Cl)cccc1Cl. The van der Waals surface area contributed by atoms with E-state index in [9.17, 15) is 0 Å². The molecule has 0 amide bonds. The topological polar surface area (TPSA) is 72.4 Å². The highest BCUT2D eigenvalue weighted by atomic mass is 79.9. The Labute approximate surface area is 168 Å². The van der Waals surface area contributed by atoms with Crippen molar-refractivity contribution in [1.82, 2.24) is 15.2 Å². The van der Waals surface area contributed by atoms with Gasteiger partial charge < -0.3 is 9.47 Å². The van der Waals surface area contributed by atoms with Crippen molar-refractivity contribution < 1.29 is 9.47 Å². The van der Waals surface area contributed by atoms with Crippen molar-refractivity contribution >= 4 is 51.3 Å². The first-order valence-electron chi connectivity index (χ1n) is 7.41. The molecule has 26 heavy (non-hydrogen) atoms. The number of hydrogen-bond donors (Lipinski definition) is 1. The summed E-state index contributed by atoms with van der Waals surface area (Å²) in [6.45, 7) is 0.207. The summed E-state index contributed by atoms with van der Waals surface area (Å²) in [5, 5.41) is 7.49. The fourth-order valence-corrected chi connectivity index (χ4v) is 3.25. The quantitative estimate of drug-likeness (QED) is 0.517. The number of rotatable bonds is 6. The average molecular weight is 456 g/mol. The molecule has 0 aliphatic rings. The molecule has 0 spiro atoms. The van der Waals surface area contributed by atoms with Gasteiger partial charge in [0.05, 0.1) is 11.6 Å². The molecule has 0 saturated heterocycles. The Morgan fingerprint density at radius 1 is 1.27 bits per heavy atom. The third-order valence-corrected chi connectivity index (χ3v) is 4.71. The maximum absolute atomic E-state index is 6.19. The van der Waals surface area contributed by atoms with Crippen LogP contribution in [0.1, 0.15) is 11.1 Å². The number of methoxy groups -OCH3 is 1. The smallest absolute Gasteiger partial charge is 0.245 e. The molecule has 0 aliphatic heterocycles. The normalized spacial score (nSPS) is 11.1. The van der Waals surface area contributed by atoms with Crippen LogP contribution in [0, 0.1) is 0 Å². The highest BCUT2D eigenvalue weighted by Crippen LogP contribution is 2.37. The van der Waals surface area contributed by atoms with Gasteiger partial charge >= 0.3 is 0 Å². The summed E-state index contributed by atoms with van der Waals surface area (Å²) in [7, 11) is 1.56. The summed E-state index contributed by atoms with van der Waals surface area (Å²) in [6.07, 6.45) is 3.03. The first kappa shape index (κ1) is 18.7. The summed E-state index contributed by atoms with van der Waals surface area (Å²) in [4.78, 5) is 8.13. The van der Waals surface area contributed by atoms with Gasteiger partial charge in [0, 0.05) is 21.8 Å². The van der Waals surface area contributed by atoms with Crippen LogP contribution < -0.4 is 9.47 Å². The van der Waals surface area contributed by atoms with Crippen molar-refractivity contribution in [1.29, 1.82) is 0 Å². The van der Waals surface area contributed by atoms with E-state index in [0.717, 1.165) is 5.56 Å². The molecule has 1 N–H and O–H groups in total. The van der Waals surface area contributed by atoms with Gasteiger partial charge in [0.25, 0.3) is 0 Å². The number of H-pyrrole nitrogens is 1. The number of nitrogens with zero attached hydrogens (tertiary/aromatic N) is 3. The van der Waals surface area contributed by atoms with E-state index in [1.165, 1.54) is 6.33 Å². The van der Waals surface area contributed by atoms with E-state index in [0.29, 0.717) is 37.5 Å². The molecule has 3 rings (SSSR count). The molecule has 2 aromatic carbocycles. The van der Waals surface area contributed by atoms with E-state index >= 15 is 0 Å². The summed E-state index contributed by atoms with van der Waals surface area (Å²) < 4.78 is 12.0. The molecule has 0 aliphatic carbocycles. The number of halogens is 3. The fraction of sp³-hybridized carbons (Fsp3) is 0.118. The number of aliphatic imine (C=N–C) groups is 1. The van der Waals surface area contributed by atoms with Crippen LogP contribution in [0.5, 0.6) is 11.5 Å². The molecule has 0 fully saturated rings. The van der Waals surface area contributed by atoms with Crippen molar-refractivity contribution in [3.8, 4) is 11.5 Å². The van der Waals surface area contributed by atoms with Crippen molar-refractivity contribution in [2.24, 2.45) is 4.99 Å². The van der Waals surface area contributed by atoms with E-state index in [2.05, 4.69) is 36.1 Å². The van der Waals surface area contributed by atoms with Gasteiger partial charge in [-0.15, -0.1) is 0 Å². The molecule has 1 heterocycles. The molecule has 1 aromatic heterocycles. The lowest BCUT2D eigenvalue weighted by Gasteiger charge is -2.14. The van der Waals surface area contributed by atoms with Gasteiger partial charge in [0.1, 0.15) is 12.9 Å². The van der Waals surface area contributed by atoms with Crippen LogP contribution in [0.3, 0.4) is 0 Å². The molecule has 0 saturated carbocycles. The number of aromatic amines is 1. The Morgan fingerprint density at radius 3 is 2.69 bits per heavy atom. The lowest BCUT2D eigenvalue weighted by molar-refractivity contribution is 0.282. The zero-order valence-electron chi connectivity index (χ0n) is 13.5. The van der Waals surface area contributed by atoms with Gasteiger partial charge in [0.15, 0.2) is 11.5 Å². The maximum atomic E-state index is 6.19. The van der Waals surface area contributed by atoms with E-state index < -0.39 is 0 Å². The number of hydrogen-bond acceptors (Lipinski definition) is 5. The highest BCUT2D eigenvalue weighted by Gasteiger charge is 2.13. The zero-order chi connectivity index (χ0) is 18.5. The first-order chi connectivity index (χ1) is 12.6. The Balaban J connectivity index is 1.83. The third kappa shape index (κ3) is 4.35. The summed E-state index contributed by atoms with van der Waals surface area (Å²) in [5.41, 5.74) is 1.51. The standard InChI is InChI=1S/C17H13BrCl2N4O2/c1-25-15-6-10(7-21-17-22-9-23-24-17)5-12(18)16(15)26-8-11-13(19)3-2-4-14(11)20/h2-7,9H,8H2,1H3,(H,22,23,24). The third-order valence-electron chi connectivity index (χ3n) is 3.41. The van der Waals surface area contributed by atoms with E-state index in [-0.39, 0.29) is 6.61 Å². The van der Waals surface area contributed by atoms with Crippen LogP contribution in [0.4, 0.5) is 5.95 Å². The number of ether oxygens (including phenoxy) is 2. The Bertz CT molecular complexity index is 913. The summed E-state index contributed by atoms with van der Waals surface area (Å²) in [5.74, 6) is 1.50. The second kappa shape index (κ2) is 8.53. The van der Waals surface area contributed by atoms with Crippen LogP contribution in [0.15, 0.2) is 46.1 Å². The Kier molecular flexibility index (Phi) is 6.13. The maximum Gasteiger partial charge on any atom is 0.245 e. The predicted molar refractivity (Wildman–Crippen MR) is 105 cm³/mol. The van der Waals surface area contributed by atoms with E-state index in [1.807, 2.05) is 6.07 Å². The molecule has 0 unspecified atom stereocenters. The van der Waals surface area contributed by atoms with Crippen LogP contribution in [-0.4, -0.2) is 28.5 Å². The van der Waals surface area contributed by atoms with Crippen LogP contribution in [0.2, 0.25) is 10.0 Å².